The highest BCUT2D eigenvalue weighted by molar-refractivity contribution is 7.99. The molecule has 0 aliphatic carbocycles. The molecule has 0 radical (unpaired) electrons. The summed E-state index contributed by atoms with van der Waals surface area (Å²) >= 11 is 1.52. The largest absolute Gasteiger partial charge is 0.282 e. The topological polar surface area (TPSA) is 67.6 Å². The summed E-state index contributed by atoms with van der Waals surface area (Å²) in [6, 6.07) is 12.1. The average molecular weight is 380 g/mol. The highest BCUT2D eigenvalue weighted by Gasteiger charge is 2.28. The molecular weight excluding hydrogens is 360 g/mol. The van der Waals surface area contributed by atoms with Crippen molar-refractivity contribution in [3.8, 4) is 11.3 Å². The van der Waals surface area contributed by atoms with Crippen LogP contribution >= 0.6 is 11.8 Å². The Morgan fingerprint density at radius 3 is 2.48 bits per heavy atom. The van der Waals surface area contributed by atoms with Gasteiger partial charge in [0, 0.05) is 30.7 Å². The maximum absolute atomic E-state index is 11.8. The van der Waals surface area contributed by atoms with Crippen LogP contribution in [0.2, 0.25) is 0 Å². The average Bonchev–Trinajstić information content (AvgIpc) is 3.17. The van der Waals surface area contributed by atoms with Gasteiger partial charge in [-0.25, -0.2) is 9.50 Å². The van der Waals surface area contributed by atoms with Crippen molar-refractivity contribution in [1.29, 1.82) is 0 Å². The second kappa shape index (κ2) is 7.15. The van der Waals surface area contributed by atoms with Crippen molar-refractivity contribution < 1.29 is 9.59 Å². The number of imidazole rings is 1. The first-order chi connectivity index (χ1) is 13.0. The minimum atomic E-state index is -0.0802. The van der Waals surface area contributed by atoms with E-state index in [4.69, 9.17) is 4.98 Å². The third-order valence-electron chi connectivity index (χ3n) is 4.63. The van der Waals surface area contributed by atoms with Crippen LogP contribution in [0.25, 0.3) is 16.8 Å². The molecule has 138 valence electrons. The van der Waals surface area contributed by atoms with E-state index >= 15 is 0 Å². The van der Waals surface area contributed by atoms with E-state index in [2.05, 4.69) is 18.1 Å². The number of hydrogen-bond donors (Lipinski definition) is 0. The monoisotopic (exact) mass is 380 g/mol. The summed E-state index contributed by atoms with van der Waals surface area (Å²) in [5.41, 5.74) is 4.97. The Morgan fingerprint density at radius 2 is 1.78 bits per heavy atom. The van der Waals surface area contributed by atoms with Gasteiger partial charge < -0.3 is 0 Å². The van der Waals surface area contributed by atoms with Gasteiger partial charge >= 0.3 is 0 Å². The van der Waals surface area contributed by atoms with Crippen LogP contribution in [0.1, 0.15) is 24.1 Å². The maximum Gasteiger partial charge on any atom is 0.229 e. The van der Waals surface area contributed by atoms with E-state index in [-0.39, 0.29) is 11.8 Å². The zero-order valence-corrected chi connectivity index (χ0v) is 16.1. The highest BCUT2D eigenvalue weighted by Crippen LogP contribution is 2.31. The smallest absolute Gasteiger partial charge is 0.229 e. The van der Waals surface area contributed by atoms with Crippen LogP contribution in [0, 0.1) is 13.8 Å². The predicted molar refractivity (Wildman–Crippen MR) is 105 cm³/mol. The van der Waals surface area contributed by atoms with Gasteiger partial charge in [-0.05, 0) is 25.5 Å². The van der Waals surface area contributed by atoms with Crippen LogP contribution in [0.4, 0.5) is 0 Å². The lowest BCUT2D eigenvalue weighted by molar-refractivity contribution is -0.137. The number of rotatable bonds is 5. The zero-order chi connectivity index (χ0) is 19.0. The molecule has 2 aromatic heterocycles. The molecule has 1 aromatic carbocycles. The number of imide groups is 1. The molecule has 6 nitrogen and oxygen atoms in total. The normalized spacial score (nSPS) is 14.5. The van der Waals surface area contributed by atoms with Crippen molar-refractivity contribution in [3.05, 3.63) is 47.7 Å². The van der Waals surface area contributed by atoms with Crippen molar-refractivity contribution in [3.63, 3.8) is 0 Å². The Bertz CT molecular complexity index is 1010. The van der Waals surface area contributed by atoms with E-state index in [9.17, 15) is 9.59 Å². The van der Waals surface area contributed by atoms with E-state index < -0.39 is 0 Å². The standard InChI is InChI=1S/C20H20N4O2S/c1-13-12-14(2)22-24-19(13)18(15-6-4-3-5-7-15)21-20(24)27-11-10-23-16(25)8-9-17(23)26/h3-7,12H,8-11H2,1-2H3. The molecule has 27 heavy (non-hydrogen) atoms. The van der Waals surface area contributed by atoms with Gasteiger partial charge in [0.25, 0.3) is 0 Å². The molecule has 3 aromatic rings. The number of carbonyl (C=O) groups excluding carboxylic acids is 2. The Balaban J connectivity index is 1.66. The number of hydrogen-bond acceptors (Lipinski definition) is 5. The number of fused-ring (bicyclic) bond motifs is 1. The molecule has 2 amide bonds. The molecule has 1 aliphatic heterocycles. The lowest BCUT2D eigenvalue weighted by atomic mass is 10.1. The number of benzene rings is 1. The first-order valence-electron chi connectivity index (χ1n) is 8.93. The van der Waals surface area contributed by atoms with Gasteiger partial charge in [0.05, 0.1) is 16.9 Å². The van der Waals surface area contributed by atoms with Crippen LogP contribution < -0.4 is 0 Å². The fraction of sp³-hybridized carbons (Fsp3) is 0.300. The number of amides is 2. The van der Waals surface area contributed by atoms with Gasteiger partial charge in [-0.2, -0.15) is 5.10 Å². The first-order valence-corrected chi connectivity index (χ1v) is 9.91. The fourth-order valence-electron chi connectivity index (χ4n) is 3.40. The quantitative estimate of drug-likeness (QED) is 0.502. The molecule has 7 heteroatoms. The van der Waals surface area contributed by atoms with Gasteiger partial charge in [0.15, 0.2) is 5.16 Å². The van der Waals surface area contributed by atoms with Gasteiger partial charge in [0.1, 0.15) is 0 Å². The number of aromatic nitrogens is 3. The van der Waals surface area contributed by atoms with Crippen molar-refractivity contribution >= 4 is 29.1 Å². The van der Waals surface area contributed by atoms with Crippen molar-refractivity contribution in [1.82, 2.24) is 19.5 Å². The number of nitrogens with zero attached hydrogens (tertiary/aromatic N) is 4. The van der Waals surface area contributed by atoms with Crippen LogP contribution in [0.3, 0.4) is 0 Å². The van der Waals surface area contributed by atoms with E-state index in [0.29, 0.717) is 25.1 Å². The maximum atomic E-state index is 11.8. The summed E-state index contributed by atoms with van der Waals surface area (Å²) in [7, 11) is 0. The molecule has 4 rings (SSSR count). The molecule has 1 fully saturated rings. The van der Waals surface area contributed by atoms with E-state index in [1.807, 2.05) is 41.8 Å². The van der Waals surface area contributed by atoms with E-state index in [0.717, 1.165) is 33.2 Å². The summed E-state index contributed by atoms with van der Waals surface area (Å²) in [5, 5.41) is 5.42. The number of thioether (sulfide) groups is 1. The number of carbonyl (C=O) groups is 2. The first kappa shape index (κ1) is 17.7. The Labute approximate surface area is 161 Å². The second-order valence-electron chi connectivity index (χ2n) is 6.63. The van der Waals surface area contributed by atoms with Gasteiger partial charge in [0.2, 0.25) is 11.8 Å². The predicted octanol–water partition coefficient (Wildman–Crippen LogP) is 3.25. The molecule has 3 heterocycles. The van der Waals surface area contributed by atoms with Gasteiger partial charge in [-0.15, -0.1) is 0 Å². The fourth-order valence-corrected chi connectivity index (χ4v) is 4.26. The molecule has 0 unspecified atom stereocenters. The van der Waals surface area contributed by atoms with Crippen molar-refractivity contribution in [2.75, 3.05) is 12.3 Å². The van der Waals surface area contributed by atoms with Gasteiger partial charge in [-0.3, -0.25) is 14.5 Å². The molecule has 0 N–H and O–H groups in total. The highest BCUT2D eigenvalue weighted by atomic mass is 32.2. The van der Waals surface area contributed by atoms with Crippen LogP contribution in [-0.2, 0) is 9.59 Å². The summed E-state index contributed by atoms with van der Waals surface area (Å²) in [5.74, 6) is 0.436. The Hall–Kier alpha value is -2.67. The van der Waals surface area contributed by atoms with Crippen molar-refractivity contribution in [2.45, 2.75) is 31.8 Å². The van der Waals surface area contributed by atoms with E-state index in [1.54, 1.807) is 0 Å². The minimum Gasteiger partial charge on any atom is -0.282 e. The molecule has 0 atom stereocenters. The lowest BCUT2D eigenvalue weighted by Crippen LogP contribution is -2.31. The molecule has 0 spiro atoms. The second-order valence-corrected chi connectivity index (χ2v) is 7.69. The number of aryl methyl sites for hydroxylation is 2. The Morgan fingerprint density at radius 1 is 1.07 bits per heavy atom. The third-order valence-corrected chi connectivity index (χ3v) is 5.54. The van der Waals surface area contributed by atoms with Crippen LogP contribution in [-0.4, -0.2) is 43.6 Å². The van der Waals surface area contributed by atoms with Crippen LogP contribution in [0.5, 0.6) is 0 Å². The molecular formula is C20H20N4O2S. The summed E-state index contributed by atoms with van der Waals surface area (Å²) in [6.07, 6.45) is 0.655. The minimum absolute atomic E-state index is 0.0802. The summed E-state index contributed by atoms with van der Waals surface area (Å²) in [6.45, 7) is 4.43. The third kappa shape index (κ3) is 3.35. The van der Waals surface area contributed by atoms with Crippen LogP contribution in [0.15, 0.2) is 41.6 Å². The SMILES string of the molecule is Cc1cc(C)c2c(-c3ccccc3)nc(SCCN3C(=O)CCC3=O)n2n1. The van der Waals surface area contributed by atoms with Gasteiger partial charge in [-0.1, -0.05) is 42.1 Å². The summed E-state index contributed by atoms with van der Waals surface area (Å²) < 4.78 is 1.88. The lowest BCUT2D eigenvalue weighted by Gasteiger charge is -2.12. The van der Waals surface area contributed by atoms with Crippen molar-refractivity contribution in [2.24, 2.45) is 0 Å². The Kier molecular flexibility index (Phi) is 4.70. The molecule has 1 saturated heterocycles. The molecule has 0 bridgehead atoms. The molecule has 1 aliphatic rings. The van der Waals surface area contributed by atoms with E-state index in [1.165, 1.54) is 16.7 Å². The molecule has 0 saturated carbocycles. The summed E-state index contributed by atoms with van der Waals surface area (Å²) in [4.78, 5) is 29.8. The zero-order valence-electron chi connectivity index (χ0n) is 15.3. The number of likely N-dealkylation sites (tertiary alicyclic amines) is 1.